The van der Waals surface area contributed by atoms with Gasteiger partial charge in [0.2, 0.25) is 5.91 Å². The number of carbonyl (C=O) groups excluding carboxylic acids is 2. The molecule has 0 spiro atoms. The molecule has 2 rings (SSSR count). The van der Waals surface area contributed by atoms with Crippen LogP contribution in [0.4, 0.5) is 13.2 Å². The van der Waals surface area contributed by atoms with Crippen LogP contribution in [0.3, 0.4) is 0 Å². The van der Waals surface area contributed by atoms with E-state index in [1.807, 2.05) is 0 Å². The number of amides is 1. The molecule has 1 amide bonds. The Morgan fingerprint density at radius 1 is 1.12 bits per heavy atom. The van der Waals surface area contributed by atoms with Gasteiger partial charge in [0, 0.05) is 6.08 Å². The lowest BCUT2D eigenvalue weighted by Crippen LogP contribution is -2.55. The van der Waals surface area contributed by atoms with E-state index in [2.05, 4.69) is 5.32 Å². The highest BCUT2D eigenvalue weighted by molar-refractivity contribution is 5.96. The Bertz CT molecular complexity index is 645. The van der Waals surface area contributed by atoms with Crippen LogP contribution in [0.2, 0.25) is 0 Å². The smallest absolute Gasteiger partial charge is 0.416 e. The van der Waals surface area contributed by atoms with Crippen LogP contribution >= 0.6 is 0 Å². The Morgan fingerprint density at radius 3 is 2.24 bits per heavy atom. The Labute approximate surface area is 144 Å². The van der Waals surface area contributed by atoms with Gasteiger partial charge in [0.05, 0.1) is 12.7 Å². The van der Waals surface area contributed by atoms with Crippen LogP contribution in [0.5, 0.6) is 0 Å². The molecule has 1 aliphatic carbocycles. The van der Waals surface area contributed by atoms with E-state index in [-0.39, 0.29) is 0 Å². The first-order valence-corrected chi connectivity index (χ1v) is 8.03. The molecule has 25 heavy (non-hydrogen) atoms. The van der Waals surface area contributed by atoms with Gasteiger partial charge < -0.3 is 10.1 Å². The molecule has 1 aromatic rings. The summed E-state index contributed by atoms with van der Waals surface area (Å²) in [7, 11) is 1.28. The molecule has 0 aliphatic heterocycles. The van der Waals surface area contributed by atoms with Gasteiger partial charge in [0.25, 0.3) is 0 Å². The molecule has 136 valence electrons. The zero-order valence-electron chi connectivity index (χ0n) is 13.9. The number of benzene rings is 1. The van der Waals surface area contributed by atoms with E-state index in [1.165, 1.54) is 31.4 Å². The average Bonchev–Trinajstić information content (AvgIpc) is 2.59. The van der Waals surface area contributed by atoms with Crippen molar-refractivity contribution < 1.29 is 27.5 Å². The molecule has 0 aromatic heterocycles. The van der Waals surface area contributed by atoms with Gasteiger partial charge in [-0.2, -0.15) is 13.2 Å². The van der Waals surface area contributed by atoms with Gasteiger partial charge in [-0.3, -0.25) is 4.79 Å². The van der Waals surface area contributed by atoms with Crippen molar-refractivity contribution in [3.63, 3.8) is 0 Å². The quantitative estimate of drug-likeness (QED) is 0.662. The van der Waals surface area contributed by atoms with Crippen molar-refractivity contribution in [3.05, 3.63) is 41.5 Å². The van der Waals surface area contributed by atoms with Crippen molar-refractivity contribution in [1.82, 2.24) is 5.32 Å². The number of esters is 1. The Kier molecular flexibility index (Phi) is 5.87. The second kappa shape index (κ2) is 7.72. The Morgan fingerprint density at radius 2 is 1.72 bits per heavy atom. The van der Waals surface area contributed by atoms with E-state index in [0.29, 0.717) is 18.4 Å². The lowest BCUT2D eigenvalue weighted by Gasteiger charge is -2.34. The standard InChI is InChI=1S/C18H20F3NO3/c1-25-16(24)17(11-3-2-4-12-17)22-15(23)10-7-13-5-8-14(9-6-13)18(19,20)21/h5-10H,2-4,11-12H2,1H3,(H,22,23)/b10-7+. The fraction of sp³-hybridized carbons (Fsp3) is 0.444. The van der Waals surface area contributed by atoms with Crippen LogP contribution in [-0.4, -0.2) is 24.5 Å². The normalized spacial score (nSPS) is 17.3. The highest BCUT2D eigenvalue weighted by Gasteiger charge is 2.41. The van der Waals surface area contributed by atoms with Crippen molar-refractivity contribution in [2.75, 3.05) is 7.11 Å². The minimum absolute atomic E-state index is 0.457. The topological polar surface area (TPSA) is 55.4 Å². The van der Waals surface area contributed by atoms with Gasteiger partial charge in [-0.15, -0.1) is 0 Å². The van der Waals surface area contributed by atoms with E-state index in [4.69, 9.17) is 4.74 Å². The Hall–Kier alpha value is -2.31. The maximum absolute atomic E-state index is 12.5. The molecule has 0 unspecified atom stereocenters. The summed E-state index contributed by atoms with van der Waals surface area (Å²) in [6, 6.07) is 4.47. The summed E-state index contributed by atoms with van der Waals surface area (Å²) >= 11 is 0. The number of alkyl halides is 3. The van der Waals surface area contributed by atoms with Gasteiger partial charge >= 0.3 is 12.1 Å². The largest absolute Gasteiger partial charge is 0.467 e. The van der Waals surface area contributed by atoms with E-state index < -0.39 is 29.2 Å². The fourth-order valence-corrected chi connectivity index (χ4v) is 2.96. The Balaban J connectivity index is 2.05. The summed E-state index contributed by atoms with van der Waals surface area (Å²) in [6.45, 7) is 0. The van der Waals surface area contributed by atoms with Crippen LogP contribution in [0.1, 0.15) is 43.2 Å². The molecular weight excluding hydrogens is 335 g/mol. The third-order valence-corrected chi connectivity index (χ3v) is 4.31. The molecule has 1 fully saturated rings. The first-order valence-electron chi connectivity index (χ1n) is 8.03. The zero-order valence-corrected chi connectivity index (χ0v) is 13.9. The average molecular weight is 355 g/mol. The first-order chi connectivity index (χ1) is 11.8. The lowest BCUT2D eigenvalue weighted by molar-refractivity contribution is -0.152. The monoisotopic (exact) mass is 355 g/mol. The maximum Gasteiger partial charge on any atom is 0.416 e. The van der Waals surface area contributed by atoms with Gasteiger partial charge in [-0.05, 0) is 36.6 Å². The second-order valence-electron chi connectivity index (χ2n) is 6.08. The van der Waals surface area contributed by atoms with Crippen molar-refractivity contribution in [1.29, 1.82) is 0 Å². The highest BCUT2D eigenvalue weighted by atomic mass is 19.4. The molecule has 1 N–H and O–H groups in total. The molecular formula is C18H20F3NO3. The molecule has 0 atom stereocenters. The lowest BCUT2D eigenvalue weighted by atomic mass is 9.81. The molecule has 0 radical (unpaired) electrons. The zero-order chi connectivity index (χ0) is 18.5. The van der Waals surface area contributed by atoms with Crippen LogP contribution < -0.4 is 5.32 Å². The number of halogens is 3. The van der Waals surface area contributed by atoms with Crippen molar-refractivity contribution in [2.45, 2.75) is 43.8 Å². The minimum atomic E-state index is -4.40. The second-order valence-corrected chi connectivity index (χ2v) is 6.08. The van der Waals surface area contributed by atoms with Crippen LogP contribution in [-0.2, 0) is 20.5 Å². The summed E-state index contributed by atoms with van der Waals surface area (Å²) in [5.74, 6) is -0.948. The molecule has 1 saturated carbocycles. The number of methoxy groups -OCH3 is 1. The van der Waals surface area contributed by atoms with Gasteiger partial charge in [-0.25, -0.2) is 4.79 Å². The number of carbonyl (C=O) groups is 2. The molecule has 0 heterocycles. The number of hydrogen-bond acceptors (Lipinski definition) is 3. The van der Waals surface area contributed by atoms with Crippen LogP contribution in [0.25, 0.3) is 6.08 Å². The van der Waals surface area contributed by atoms with Crippen molar-refractivity contribution in [3.8, 4) is 0 Å². The summed E-state index contributed by atoms with van der Waals surface area (Å²) in [4.78, 5) is 24.2. The first kappa shape index (κ1) is 19.0. The number of ether oxygens (including phenoxy) is 1. The van der Waals surface area contributed by atoms with Gasteiger partial charge in [0.1, 0.15) is 5.54 Å². The third kappa shape index (κ3) is 4.84. The van der Waals surface area contributed by atoms with Crippen LogP contribution in [0, 0.1) is 0 Å². The van der Waals surface area contributed by atoms with E-state index >= 15 is 0 Å². The van der Waals surface area contributed by atoms with Crippen molar-refractivity contribution in [2.24, 2.45) is 0 Å². The van der Waals surface area contributed by atoms with Crippen LogP contribution in [0.15, 0.2) is 30.3 Å². The highest BCUT2D eigenvalue weighted by Crippen LogP contribution is 2.30. The predicted molar refractivity (Wildman–Crippen MR) is 86.5 cm³/mol. The van der Waals surface area contributed by atoms with E-state index in [0.717, 1.165) is 31.4 Å². The summed E-state index contributed by atoms with van der Waals surface area (Å²) in [5, 5.41) is 2.71. The molecule has 1 aliphatic rings. The number of rotatable bonds is 4. The number of hydrogen-bond donors (Lipinski definition) is 1. The molecule has 7 heteroatoms. The summed E-state index contributed by atoms with van der Waals surface area (Å²) in [5.41, 5.74) is -1.31. The molecule has 4 nitrogen and oxygen atoms in total. The fourth-order valence-electron chi connectivity index (χ4n) is 2.96. The van der Waals surface area contributed by atoms with Gasteiger partial charge in [0.15, 0.2) is 0 Å². The van der Waals surface area contributed by atoms with Crippen molar-refractivity contribution >= 4 is 18.0 Å². The molecule has 1 aromatic carbocycles. The molecule has 0 saturated heterocycles. The minimum Gasteiger partial charge on any atom is -0.467 e. The number of nitrogens with one attached hydrogen (secondary N) is 1. The summed E-state index contributed by atoms with van der Waals surface area (Å²) < 4.78 is 42.4. The predicted octanol–water partition coefficient (Wildman–Crippen LogP) is 3.71. The van der Waals surface area contributed by atoms with E-state index in [1.54, 1.807) is 0 Å². The van der Waals surface area contributed by atoms with E-state index in [9.17, 15) is 22.8 Å². The molecule has 0 bridgehead atoms. The third-order valence-electron chi connectivity index (χ3n) is 4.31. The SMILES string of the molecule is COC(=O)C1(NC(=O)/C=C/c2ccc(C(F)(F)F)cc2)CCCCC1. The van der Waals surface area contributed by atoms with Gasteiger partial charge in [-0.1, -0.05) is 31.4 Å². The summed E-state index contributed by atoms with van der Waals surface area (Å²) in [6.07, 6.45) is 1.88. The maximum atomic E-state index is 12.5.